The molecule has 3 atom stereocenters. The van der Waals surface area contributed by atoms with Crippen LogP contribution in [-0.4, -0.2) is 118 Å². The summed E-state index contributed by atoms with van der Waals surface area (Å²) >= 11 is 0. The molecule has 0 saturated carbocycles. The number of carbonyl (C=O) groups excluding carboxylic acids is 4. The molecule has 0 rings (SSSR count). The zero-order chi connectivity index (χ0) is 56.1. The second kappa shape index (κ2) is 53.9. The molecule has 0 spiro atoms. The Kier molecular flexibility index (Phi) is 51.7. The number of allylic oxidation sites excluding steroid dienone is 8. The highest BCUT2D eigenvalue weighted by atomic mass is 16.5. The summed E-state index contributed by atoms with van der Waals surface area (Å²) < 4.78 is 11.6. The molecule has 0 aliphatic rings. The minimum Gasteiger partial charge on any atom is -0.377 e. The van der Waals surface area contributed by atoms with Crippen molar-refractivity contribution in [3.8, 4) is 0 Å². The number of hydrogen-bond acceptors (Lipinski definition) is 8. The minimum atomic E-state index is -0.543. The van der Waals surface area contributed by atoms with E-state index < -0.39 is 6.04 Å². The SMILES string of the molecule is CCCCC/C=C\C/C=C\CCCCCCCC(=O)C(CCCNCC)C(C(=O)NCCOCCOCCNC(=O)C(C(C)C)N(CCCN(CC)CC)C(=O)CCCCCCC/C=C\C/C=C\CCCCC)C(C)C. The Morgan fingerprint density at radius 3 is 1.42 bits per heavy atom. The number of nitrogens with one attached hydrogen (secondary N) is 3. The molecule has 0 fully saturated rings. The summed E-state index contributed by atoms with van der Waals surface area (Å²) in [4.78, 5) is 59.3. The van der Waals surface area contributed by atoms with Crippen molar-refractivity contribution in [3.63, 3.8) is 0 Å². The van der Waals surface area contributed by atoms with E-state index in [4.69, 9.17) is 9.47 Å². The van der Waals surface area contributed by atoms with Crippen LogP contribution in [-0.2, 0) is 28.7 Å². The van der Waals surface area contributed by atoms with E-state index >= 15 is 0 Å². The molecule has 0 aromatic carbocycles. The van der Waals surface area contributed by atoms with Gasteiger partial charge in [-0.2, -0.15) is 0 Å². The number of hydrogen-bond donors (Lipinski definition) is 3. The fourth-order valence-electron chi connectivity index (χ4n) is 9.91. The van der Waals surface area contributed by atoms with E-state index in [2.05, 4.69) is 118 Å². The highest BCUT2D eigenvalue weighted by molar-refractivity contribution is 5.89. The Labute approximate surface area is 468 Å². The van der Waals surface area contributed by atoms with Gasteiger partial charge in [0, 0.05) is 44.3 Å². The third-order valence-corrected chi connectivity index (χ3v) is 14.5. The first-order chi connectivity index (χ1) is 37.0. The minimum absolute atomic E-state index is 0.0325. The molecule has 11 nitrogen and oxygen atoms in total. The molecule has 76 heavy (non-hydrogen) atoms. The zero-order valence-corrected chi connectivity index (χ0v) is 50.9. The van der Waals surface area contributed by atoms with Crippen molar-refractivity contribution in [2.75, 3.05) is 78.8 Å². The van der Waals surface area contributed by atoms with Crippen molar-refractivity contribution >= 4 is 23.5 Å². The quantitative estimate of drug-likeness (QED) is 0.0406. The highest BCUT2D eigenvalue weighted by Gasteiger charge is 2.35. The van der Waals surface area contributed by atoms with Gasteiger partial charge in [-0.1, -0.05) is 175 Å². The third kappa shape index (κ3) is 41.0. The fraction of sp³-hybridized carbons (Fsp3) is 0.815. The van der Waals surface area contributed by atoms with E-state index in [9.17, 15) is 19.2 Å². The molecule has 0 bridgehead atoms. The van der Waals surface area contributed by atoms with Crippen LogP contribution >= 0.6 is 0 Å². The van der Waals surface area contributed by atoms with Crippen LogP contribution in [0.15, 0.2) is 48.6 Å². The lowest BCUT2D eigenvalue weighted by molar-refractivity contribution is -0.142. The van der Waals surface area contributed by atoms with Gasteiger partial charge < -0.3 is 35.2 Å². The lowest BCUT2D eigenvalue weighted by atomic mass is 9.76. The van der Waals surface area contributed by atoms with E-state index in [0.29, 0.717) is 65.3 Å². The van der Waals surface area contributed by atoms with E-state index in [0.717, 1.165) is 110 Å². The summed E-state index contributed by atoms with van der Waals surface area (Å²) in [5.74, 6) is -0.597. The average Bonchev–Trinajstić information content (AvgIpc) is 3.40. The molecule has 11 heteroatoms. The Bertz CT molecular complexity index is 1490. The summed E-state index contributed by atoms with van der Waals surface area (Å²) in [6.45, 7) is 26.2. The number of nitrogens with zero attached hydrogens (tertiary/aromatic N) is 2. The van der Waals surface area contributed by atoms with Crippen molar-refractivity contribution in [2.24, 2.45) is 23.7 Å². The van der Waals surface area contributed by atoms with Gasteiger partial charge in [-0.25, -0.2) is 0 Å². The van der Waals surface area contributed by atoms with Gasteiger partial charge in [0.1, 0.15) is 11.8 Å². The largest absolute Gasteiger partial charge is 0.377 e. The van der Waals surface area contributed by atoms with E-state index in [1.54, 1.807) is 0 Å². The summed E-state index contributed by atoms with van der Waals surface area (Å²) in [6, 6.07) is -0.543. The summed E-state index contributed by atoms with van der Waals surface area (Å²) in [5, 5.41) is 9.52. The molecule has 0 saturated heterocycles. The van der Waals surface area contributed by atoms with Crippen molar-refractivity contribution in [3.05, 3.63) is 48.6 Å². The smallest absolute Gasteiger partial charge is 0.243 e. The first-order valence-electron chi connectivity index (χ1n) is 31.6. The molecule has 0 aliphatic carbocycles. The van der Waals surface area contributed by atoms with E-state index in [-0.39, 0.29) is 47.2 Å². The van der Waals surface area contributed by atoms with Crippen LogP contribution in [0.3, 0.4) is 0 Å². The van der Waals surface area contributed by atoms with Crippen LogP contribution in [0.1, 0.15) is 236 Å². The molecular formula is C65H121N5O6. The van der Waals surface area contributed by atoms with Crippen molar-refractivity contribution in [2.45, 2.75) is 242 Å². The molecule has 3 amide bonds. The maximum Gasteiger partial charge on any atom is 0.243 e. The number of carbonyl (C=O) groups is 4. The number of amides is 3. The number of Topliss-reactive ketones (excluding diaryl/α,β-unsaturated/α-hetero) is 1. The van der Waals surface area contributed by atoms with Gasteiger partial charge in [0.15, 0.2) is 0 Å². The number of ketones is 1. The summed E-state index contributed by atoms with van der Waals surface area (Å²) in [6.07, 6.45) is 46.8. The van der Waals surface area contributed by atoms with Crippen LogP contribution in [0.25, 0.3) is 0 Å². The Hall–Kier alpha value is -3.12. The second-order valence-electron chi connectivity index (χ2n) is 21.8. The molecule has 3 unspecified atom stereocenters. The van der Waals surface area contributed by atoms with Gasteiger partial charge in [-0.3, -0.25) is 19.2 Å². The van der Waals surface area contributed by atoms with Gasteiger partial charge in [-0.05, 0) is 141 Å². The zero-order valence-electron chi connectivity index (χ0n) is 50.9. The topological polar surface area (TPSA) is 129 Å². The van der Waals surface area contributed by atoms with Gasteiger partial charge in [-0.15, -0.1) is 0 Å². The number of ether oxygens (including phenoxy) is 2. The van der Waals surface area contributed by atoms with Crippen LogP contribution in [0.4, 0.5) is 0 Å². The van der Waals surface area contributed by atoms with Gasteiger partial charge >= 0.3 is 0 Å². The maximum atomic E-state index is 13.8. The lowest BCUT2D eigenvalue weighted by Crippen LogP contribution is -2.53. The Morgan fingerprint density at radius 1 is 0.474 bits per heavy atom. The normalized spacial score (nSPS) is 13.4. The molecular weight excluding hydrogens is 947 g/mol. The van der Waals surface area contributed by atoms with Crippen LogP contribution in [0.5, 0.6) is 0 Å². The second-order valence-corrected chi connectivity index (χ2v) is 21.8. The molecule has 0 radical (unpaired) electrons. The average molecular weight is 1070 g/mol. The van der Waals surface area contributed by atoms with Crippen molar-refractivity contribution < 1.29 is 28.7 Å². The third-order valence-electron chi connectivity index (χ3n) is 14.5. The number of rotatable bonds is 55. The predicted molar refractivity (Wildman–Crippen MR) is 324 cm³/mol. The van der Waals surface area contributed by atoms with Crippen LogP contribution in [0, 0.1) is 23.7 Å². The molecule has 0 aliphatic heterocycles. The van der Waals surface area contributed by atoms with Gasteiger partial charge in [0.25, 0.3) is 0 Å². The van der Waals surface area contributed by atoms with Gasteiger partial charge in [0.2, 0.25) is 17.7 Å². The molecule has 0 aromatic rings. The van der Waals surface area contributed by atoms with Crippen molar-refractivity contribution in [1.82, 2.24) is 25.8 Å². The Balaban J connectivity index is 4.88. The molecule has 0 aromatic heterocycles. The summed E-state index contributed by atoms with van der Waals surface area (Å²) in [5.41, 5.74) is 0. The highest BCUT2D eigenvalue weighted by Crippen LogP contribution is 2.29. The molecule has 0 heterocycles. The first-order valence-corrected chi connectivity index (χ1v) is 31.6. The molecule has 3 N–H and O–H groups in total. The van der Waals surface area contributed by atoms with Crippen LogP contribution in [0.2, 0.25) is 0 Å². The van der Waals surface area contributed by atoms with Crippen molar-refractivity contribution in [1.29, 1.82) is 0 Å². The Morgan fingerprint density at radius 2 is 0.947 bits per heavy atom. The standard InChI is InChI=1S/C65H121N5O6/c1-10-15-17-19-21-23-25-27-29-31-33-35-37-39-41-46-60(71)59(45-43-48-66-12-3)62(57(6)7)64(73)67-49-53-75-55-56-76-54-50-68-65(74)63(58(8)9)70(52-44-51-69(13-4)14-5)61(72)47-42-40-38-36-34-32-30-28-26-24-22-20-18-16-11-2/h21-24,27-30,57-59,62-63,66H,10-20,25-26,31-56H2,1-9H3,(H,67,73)(H,68,74)/b23-21-,24-22-,29-27-,30-28-. The van der Waals surface area contributed by atoms with E-state index in [1.165, 1.54) is 77.0 Å². The van der Waals surface area contributed by atoms with Gasteiger partial charge in [0.05, 0.1) is 26.4 Å². The van der Waals surface area contributed by atoms with E-state index in [1.807, 2.05) is 18.7 Å². The number of unbranched alkanes of at least 4 members (excludes halogenated alkanes) is 16. The predicted octanol–water partition coefficient (Wildman–Crippen LogP) is 14.3. The fourth-order valence-corrected chi connectivity index (χ4v) is 9.91. The lowest BCUT2D eigenvalue weighted by Gasteiger charge is -2.34. The monoisotopic (exact) mass is 1070 g/mol. The summed E-state index contributed by atoms with van der Waals surface area (Å²) in [7, 11) is 0. The van der Waals surface area contributed by atoms with Crippen LogP contribution < -0.4 is 16.0 Å². The maximum absolute atomic E-state index is 13.8. The molecule has 442 valence electrons. The first kappa shape index (κ1) is 72.9.